The Kier molecular flexibility index (Phi) is 6.05. The van der Waals surface area contributed by atoms with Gasteiger partial charge in [-0.2, -0.15) is 13.2 Å². The molecule has 4 nitrogen and oxygen atoms in total. The van der Waals surface area contributed by atoms with Gasteiger partial charge in [-0.1, -0.05) is 40.2 Å². The molecule has 4 rings (SSSR count). The average molecular weight is 487 g/mol. The summed E-state index contributed by atoms with van der Waals surface area (Å²) in [6, 6.07) is 11.8. The number of rotatable bonds is 3. The molecule has 1 aliphatic rings. The molecule has 0 bridgehead atoms. The van der Waals surface area contributed by atoms with Crippen LogP contribution in [0.1, 0.15) is 28.4 Å². The Bertz CT molecular complexity index is 1000. The first-order valence-corrected chi connectivity index (χ1v) is 9.33. The second-order valence-corrected chi connectivity index (χ2v) is 7.55. The van der Waals surface area contributed by atoms with E-state index in [-0.39, 0.29) is 24.9 Å². The number of fused-ring (bicyclic) bond motifs is 1. The summed E-state index contributed by atoms with van der Waals surface area (Å²) in [4.78, 5) is 19.0. The Labute approximate surface area is 179 Å². The number of carbonyl (C=O) groups excluding carboxylic acids is 1. The lowest BCUT2D eigenvalue weighted by atomic mass is 10.0. The number of alkyl halides is 3. The van der Waals surface area contributed by atoms with E-state index >= 15 is 0 Å². The predicted octanol–water partition coefficient (Wildman–Crippen LogP) is 5.22. The lowest BCUT2D eigenvalue weighted by Crippen LogP contribution is -2.42. The normalized spacial score (nSPS) is 16.3. The molecule has 1 atom stereocenters. The van der Waals surface area contributed by atoms with Crippen LogP contribution in [0.3, 0.4) is 0 Å². The van der Waals surface area contributed by atoms with Crippen molar-refractivity contribution in [1.29, 1.82) is 0 Å². The zero-order valence-corrected chi connectivity index (χ0v) is 17.3. The number of hydrogen-bond acceptors (Lipinski definition) is 2. The van der Waals surface area contributed by atoms with Gasteiger partial charge in [-0.25, -0.2) is 4.98 Å². The Morgan fingerprint density at radius 2 is 1.72 bits per heavy atom. The highest BCUT2D eigenvalue weighted by molar-refractivity contribution is 9.10. The van der Waals surface area contributed by atoms with E-state index in [1.165, 1.54) is 12.1 Å². The molecule has 0 saturated heterocycles. The standard InChI is InChI=1S/C20H15BrF3N3O.ClH/c21-16-7-3-14(4-8-16)18-19(28)26(11-17-9-25-12-27(17)18)10-13-1-5-15(6-2-13)20(22,23)24;/h1-9,12,18H,10-11H2;1H. The van der Waals surface area contributed by atoms with Crippen LogP contribution in [0.2, 0.25) is 0 Å². The molecule has 1 unspecified atom stereocenters. The third-order valence-corrected chi connectivity index (χ3v) is 5.29. The second kappa shape index (κ2) is 8.20. The van der Waals surface area contributed by atoms with Gasteiger partial charge in [0.1, 0.15) is 6.04 Å². The minimum absolute atomic E-state index is 0. The van der Waals surface area contributed by atoms with Crippen molar-refractivity contribution >= 4 is 34.2 Å². The molecule has 0 spiro atoms. The first-order valence-electron chi connectivity index (χ1n) is 8.54. The quantitative estimate of drug-likeness (QED) is 0.509. The van der Waals surface area contributed by atoms with E-state index < -0.39 is 17.8 Å². The van der Waals surface area contributed by atoms with Crippen molar-refractivity contribution in [3.05, 3.63) is 87.9 Å². The number of halogens is 5. The number of nitrogens with zero attached hydrogens (tertiary/aromatic N) is 3. The molecule has 0 radical (unpaired) electrons. The summed E-state index contributed by atoms with van der Waals surface area (Å²) in [6.45, 7) is 0.585. The summed E-state index contributed by atoms with van der Waals surface area (Å²) in [7, 11) is 0. The van der Waals surface area contributed by atoms with E-state index in [1.54, 1.807) is 17.4 Å². The van der Waals surface area contributed by atoms with Gasteiger partial charge in [0.2, 0.25) is 0 Å². The zero-order valence-electron chi connectivity index (χ0n) is 14.9. The number of carbonyl (C=O) groups is 1. The molecule has 1 aromatic heterocycles. The van der Waals surface area contributed by atoms with Crippen LogP contribution in [0.25, 0.3) is 0 Å². The Balaban J connectivity index is 0.00000240. The summed E-state index contributed by atoms with van der Waals surface area (Å²) in [5.74, 6) is -0.118. The molecule has 2 heterocycles. The molecule has 1 amide bonds. The van der Waals surface area contributed by atoms with Crippen molar-refractivity contribution in [1.82, 2.24) is 14.5 Å². The molecule has 0 fully saturated rings. The highest BCUT2D eigenvalue weighted by atomic mass is 79.9. The molecule has 0 N–H and O–H groups in total. The SMILES string of the molecule is Cl.O=C1C(c2ccc(Br)cc2)n2cncc2CN1Cc1ccc(C(F)(F)F)cc1. The number of benzene rings is 2. The van der Waals surface area contributed by atoms with Gasteiger partial charge in [-0.15, -0.1) is 12.4 Å². The number of amides is 1. The van der Waals surface area contributed by atoms with E-state index in [0.29, 0.717) is 12.1 Å². The van der Waals surface area contributed by atoms with Crippen molar-refractivity contribution < 1.29 is 18.0 Å². The third kappa shape index (κ3) is 4.33. The van der Waals surface area contributed by atoms with Gasteiger partial charge in [-0.05, 0) is 35.4 Å². The molecular weight excluding hydrogens is 471 g/mol. The third-order valence-electron chi connectivity index (χ3n) is 4.76. The number of aromatic nitrogens is 2. The van der Waals surface area contributed by atoms with Crippen LogP contribution in [0.15, 0.2) is 65.5 Å². The van der Waals surface area contributed by atoms with Crippen LogP contribution >= 0.6 is 28.3 Å². The predicted molar refractivity (Wildman–Crippen MR) is 107 cm³/mol. The van der Waals surface area contributed by atoms with Crippen LogP contribution in [0.5, 0.6) is 0 Å². The van der Waals surface area contributed by atoms with Gasteiger partial charge in [0.25, 0.3) is 5.91 Å². The first-order chi connectivity index (χ1) is 13.3. The van der Waals surface area contributed by atoms with Crippen LogP contribution in [-0.4, -0.2) is 20.4 Å². The van der Waals surface area contributed by atoms with E-state index in [4.69, 9.17) is 0 Å². The smallest absolute Gasteiger partial charge is 0.330 e. The Hall–Kier alpha value is -2.32. The fourth-order valence-corrected chi connectivity index (χ4v) is 3.62. The Morgan fingerprint density at radius 1 is 1.07 bits per heavy atom. The Morgan fingerprint density at radius 3 is 2.34 bits per heavy atom. The molecule has 9 heteroatoms. The lowest BCUT2D eigenvalue weighted by Gasteiger charge is -2.34. The van der Waals surface area contributed by atoms with Crippen molar-refractivity contribution in [2.75, 3.05) is 0 Å². The largest absolute Gasteiger partial charge is 0.416 e. The van der Waals surface area contributed by atoms with E-state index in [9.17, 15) is 18.0 Å². The highest BCUT2D eigenvalue weighted by Crippen LogP contribution is 2.32. The molecule has 1 aliphatic heterocycles. The van der Waals surface area contributed by atoms with Crippen LogP contribution in [0.4, 0.5) is 13.2 Å². The van der Waals surface area contributed by atoms with Crippen molar-refractivity contribution in [2.45, 2.75) is 25.3 Å². The van der Waals surface area contributed by atoms with Gasteiger partial charge >= 0.3 is 6.18 Å². The molecule has 152 valence electrons. The van der Waals surface area contributed by atoms with Gasteiger partial charge < -0.3 is 9.47 Å². The average Bonchev–Trinajstić information content (AvgIpc) is 3.11. The van der Waals surface area contributed by atoms with Crippen LogP contribution in [-0.2, 0) is 24.1 Å². The monoisotopic (exact) mass is 485 g/mol. The molecular formula is C20H16BrClF3N3O. The fourth-order valence-electron chi connectivity index (χ4n) is 3.35. The summed E-state index contributed by atoms with van der Waals surface area (Å²) >= 11 is 3.39. The summed E-state index contributed by atoms with van der Waals surface area (Å²) < 4.78 is 41.0. The molecule has 0 saturated carbocycles. The maximum absolute atomic E-state index is 13.2. The summed E-state index contributed by atoms with van der Waals surface area (Å²) in [5.41, 5.74) is 1.64. The number of imidazole rings is 1. The number of hydrogen-bond donors (Lipinski definition) is 0. The first kappa shape index (κ1) is 21.4. The van der Waals surface area contributed by atoms with E-state index in [0.717, 1.165) is 27.9 Å². The summed E-state index contributed by atoms with van der Waals surface area (Å²) in [5, 5.41) is 0. The van der Waals surface area contributed by atoms with Gasteiger partial charge in [-0.3, -0.25) is 4.79 Å². The topological polar surface area (TPSA) is 38.1 Å². The van der Waals surface area contributed by atoms with Crippen LogP contribution in [0, 0.1) is 0 Å². The maximum atomic E-state index is 13.2. The van der Waals surface area contributed by atoms with Crippen molar-refractivity contribution in [3.63, 3.8) is 0 Å². The van der Waals surface area contributed by atoms with E-state index in [2.05, 4.69) is 20.9 Å². The van der Waals surface area contributed by atoms with E-state index in [1.807, 2.05) is 28.8 Å². The molecule has 2 aromatic carbocycles. The van der Waals surface area contributed by atoms with Crippen molar-refractivity contribution in [3.8, 4) is 0 Å². The second-order valence-electron chi connectivity index (χ2n) is 6.64. The van der Waals surface area contributed by atoms with Crippen LogP contribution < -0.4 is 0 Å². The summed E-state index contributed by atoms with van der Waals surface area (Å²) in [6.07, 6.45) is -1.04. The molecule has 0 aliphatic carbocycles. The molecule has 3 aromatic rings. The zero-order chi connectivity index (χ0) is 19.9. The molecule has 29 heavy (non-hydrogen) atoms. The minimum Gasteiger partial charge on any atom is -0.330 e. The minimum atomic E-state index is -4.38. The van der Waals surface area contributed by atoms with Gasteiger partial charge in [0, 0.05) is 17.2 Å². The highest BCUT2D eigenvalue weighted by Gasteiger charge is 2.34. The fraction of sp³-hybridized carbons (Fsp3) is 0.200. The maximum Gasteiger partial charge on any atom is 0.416 e. The van der Waals surface area contributed by atoms with Crippen molar-refractivity contribution in [2.24, 2.45) is 0 Å². The van der Waals surface area contributed by atoms with Gasteiger partial charge in [0.05, 0.1) is 24.1 Å². The lowest BCUT2D eigenvalue weighted by molar-refractivity contribution is -0.138. The van der Waals surface area contributed by atoms with Gasteiger partial charge in [0.15, 0.2) is 0 Å².